The van der Waals surface area contributed by atoms with Gasteiger partial charge < -0.3 is 14.7 Å². The van der Waals surface area contributed by atoms with Gasteiger partial charge >= 0.3 is 5.97 Å². The quantitative estimate of drug-likeness (QED) is 0.887. The van der Waals surface area contributed by atoms with Crippen molar-refractivity contribution in [1.29, 1.82) is 0 Å². The Labute approximate surface area is 118 Å². The summed E-state index contributed by atoms with van der Waals surface area (Å²) in [6.45, 7) is 5.96. The lowest BCUT2D eigenvalue weighted by molar-refractivity contribution is -0.138. The lowest BCUT2D eigenvalue weighted by atomic mass is 9.95. The van der Waals surface area contributed by atoms with Gasteiger partial charge in [-0.05, 0) is 32.6 Å². The summed E-state index contributed by atoms with van der Waals surface area (Å²) >= 11 is 0. The number of carbonyl (C=O) groups is 1. The molecule has 1 aromatic rings. The number of ether oxygens (including phenoxy) is 1. The highest BCUT2D eigenvalue weighted by Crippen LogP contribution is 2.24. The van der Waals surface area contributed by atoms with Crippen LogP contribution in [0.2, 0.25) is 0 Å². The molecule has 0 spiro atoms. The second-order valence-corrected chi connectivity index (χ2v) is 5.13. The van der Waals surface area contributed by atoms with Gasteiger partial charge in [-0.1, -0.05) is 0 Å². The van der Waals surface area contributed by atoms with Crippen molar-refractivity contribution in [2.24, 2.45) is 5.92 Å². The molecular formula is C14H21N3O3. The molecule has 0 radical (unpaired) electrons. The van der Waals surface area contributed by atoms with Crippen molar-refractivity contribution in [3.05, 3.63) is 11.8 Å². The van der Waals surface area contributed by atoms with E-state index in [1.54, 1.807) is 0 Å². The van der Waals surface area contributed by atoms with Gasteiger partial charge in [0.2, 0.25) is 11.8 Å². The molecule has 0 amide bonds. The molecular weight excluding hydrogens is 258 g/mol. The molecule has 20 heavy (non-hydrogen) atoms. The van der Waals surface area contributed by atoms with Gasteiger partial charge in [0.15, 0.2) is 0 Å². The van der Waals surface area contributed by atoms with Crippen molar-refractivity contribution in [3.8, 4) is 5.88 Å². The largest absolute Gasteiger partial charge is 0.481 e. The summed E-state index contributed by atoms with van der Waals surface area (Å²) in [6, 6.07) is 1.81. The van der Waals surface area contributed by atoms with E-state index in [1.165, 1.54) is 0 Å². The van der Waals surface area contributed by atoms with Gasteiger partial charge in [-0.3, -0.25) is 4.79 Å². The van der Waals surface area contributed by atoms with Crippen molar-refractivity contribution in [1.82, 2.24) is 9.97 Å². The van der Waals surface area contributed by atoms with Gasteiger partial charge in [-0.2, -0.15) is 4.98 Å². The van der Waals surface area contributed by atoms with Crippen LogP contribution in [0.3, 0.4) is 0 Å². The molecule has 0 saturated carbocycles. The Kier molecular flexibility index (Phi) is 4.76. The normalized spacial score (nSPS) is 18.9. The molecule has 0 bridgehead atoms. The number of carboxylic acids is 1. The van der Waals surface area contributed by atoms with Gasteiger partial charge in [0.25, 0.3) is 0 Å². The van der Waals surface area contributed by atoms with Crippen LogP contribution in [0.15, 0.2) is 6.07 Å². The maximum atomic E-state index is 10.8. The highest BCUT2D eigenvalue weighted by molar-refractivity contribution is 5.67. The molecule has 1 N–H and O–H groups in total. The van der Waals surface area contributed by atoms with Crippen LogP contribution >= 0.6 is 0 Å². The Bertz CT molecular complexity index is 479. The van der Waals surface area contributed by atoms with Crippen molar-refractivity contribution in [3.63, 3.8) is 0 Å². The first-order valence-electron chi connectivity index (χ1n) is 7.03. The van der Waals surface area contributed by atoms with Crippen molar-refractivity contribution >= 4 is 11.9 Å². The molecule has 1 aliphatic heterocycles. The number of aryl methyl sites for hydroxylation is 1. The van der Waals surface area contributed by atoms with Gasteiger partial charge in [0, 0.05) is 31.3 Å². The number of carboxylic acid groups (broad SMARTS) is 1. The summed E-state index contributed by atoms with van der Waals surface area (Å²) in [4.78, 5) is 21.7. The van der Waals surface area contributed by atoms with Crippen LogP contribution in [0, 0.1) is 12.8 Å². The van der Waals surface area contributed by atoms with E-state index in [-0.39, 0.29) is 12.3 Å². The van der Waals surface area contributed by atoms with E-state index in [2.05, 4.69) is 14.9 Å². The van der Waals surface area contributed by atoms with E-state index in [0.29, 0.717) is 25.0 Å². The van der Waals surface area contributed by atoms with Crippen LogP contribution in [0.25, 0.3) is 0 Å². The van der Waals surface area contributed by atoms with Crippen LogP contribution in [0.5, 0.6) is 5.88 Å². The summed E-state index contributed by atoms with van der Waals surface area (Å²) in [6.07, 6.45) is 2.13. The topological polar surface area (TPSA) is 75.5 Å². The SMILES string of the molecule is CCOc1cc(C)nc(N2CCCC(CC(=O)O)C2)n1. The second kappa shape index (κ2) is 6.54. The molecule has 0 aromatic carbocycles. The average Bonchev–Trinajstić information content (AvgIpc) is 2.38. The van der Waals surface area contributed by atoms with E-state index in [9.17, 15) is 4.79 Å². The number of piperidine rings is 1. The monoisotopic (exact) mass is 279 g/mol. The number of hydrogen-bond donors (Lipinski definition) is 1. The van der Waals surface area contributed by atoms with Crippen molar-refractivity contribution in [2.45, 2.75) is 33.1 Å². The molecule has 1 atom stereocenters. The highest BCUT2D eigenvalue weighted by Gasteiger charge is 2.24. The minimum atomic E-state index is -0.739. The molecule has 1 aromatic heterocycles. The van der Waals surface area contributed by atoms with Crippen LogP contribution < -0.4 is 9.64 Å². The molecule has 6 nitrogen and oxygen atoms in total. The van der Waals surface area contributed by atoms with E-state index in [0.717, 1.165) is 25.1 Å². The Balaban J connectivity index is 2.11. The van der Waals surface area contributed by atoms with E-state index in [1.807, 2.05) is 19.9 Å². The number of aliphatic carboxylic acids is 1. The Morgan fingerprint density at radius 2 is 2.35 bits per heavy atom. The number of anilines is 1. The van der Waals surface area contributed by atoms with E-state index < -0.39 is 5.97 Å². The highest BCUT2D eigenvalue weighted by atomic mass is 16.5. The summed E-state index contributed by atoms with van der Waals surface area (Å²) in [7, 11) is 0. The molecule has 6 heteroatoms. The number of nitrogens with zero attached hydrogens (tertiary/aromatic N) is 3. The lowest BCUT2D eigenvalue weighted by Gasteiger charge is -2.32. The Hall–Kier alpha value is -1.85. The fourth-order valence-electron chi connectivity index (χ4n) is 2.55. The summed E-state index contributed by atoms with van der Waals surface area (Å²) in [5.41, 5.74) is 0.860. The summed E-state index contributed by atoms with van der Waals surface area (Å²) < 4.78 is 5.44. The van der Waals surface area contributed by atoms with Crippen LogP contribution in [-0.4, -0.2) is 40.7 Å². The molecule has 110 valence electrons. The summed E-state index contributed by atoms with van der Waals surface area (Å²) in [5, 5.41) is 8.91. The number of hydrogen-bond acceptors (Lipinski definition) is 5. The molecule has 1 fully saturated rings. The van der Waals surface area contributed by atoms with Gasteiger partial charge in [-0.25, -0.2) is 4.98 Å². The minimum Gasteiger partial charge on any atom is -0.481 e. The summed E-state index contributed by atoms with van der Waals surface area (Å²) in [5.74, 6) is 0.650. The van der Waals surface area contributed by atoms with Crippen LogP contribution in [0.1, 0.15) is 31.9 Å². The van der Waals surface area contributed by atoms with E-state index >= 15 is 0 Å². The molecule has 1 saturated heterocycles. The maximum Gasteiger partial charge on any atom is 0.303 e. The fraction of sp³-hybridized carbons (Fsp3) is 0.643. The van der Waals surface area contributed by atoms with Gasteiger partial charge in [0.05, 0.1) is 6.61 Å². The molecule has 2 heterocycles. The van der Waals surface area contributed by atoms with Crippen LogP contribution in [0.4, 0.5) is 5.95 Å². The predicted molar refractivity (Wildman–Crippen MR) is 75.1 cm³/mol. The third-order valence-electron chi connectivity index (χ3n) is 3.38. The third kappa shape index (κ3) is 3.82. The van der Waals surface area contributed by atoms with E-state index in [4.69, 9.17) is 9.84 Å². The van der Waals surface area contributed by atoms with Crippen molar-refractivity contribution in [2.75, 3.05) is 24.6 Å². The van der Waals surface area contributed by atoms with Crippen molar-refractivity contribution < 1.29 is 14.6 Å². The molecule has 1 aliphatic rings. The van der Waals surface area contributed by atoms with Gasteiger partial charge in [0.1, 0.15) is 0 Å². The minimum absolute atomic E-state index is 0.168. The average molecular weight is 279 g/mol. The third-order valence-corrected chi connectivity index (χ3v) is 3.38. The number of aromatic nitrogens is 2. The zero-order chi connectivity index (χ0) is 14.5. The zero-order valence-corrected chi connectivity index (χ0v) is 12.0. The molecule has 1 unspecified atom stereocenters. The molecule has 0 aliphatic carbocycles. The standard InChI is InChI=1S/C14H21N3O3/c1-3-20-12-7-10(2)15-14(16-12)17-6-4-5-11(9-17)8-13(18)19/h7,11H,3-6,8-9H2,1-2H3,(H,18,19). The first-order valence-corrected chi connectivity index (χ1v) is 7.03. The van der Waals surface area contributed by atoms with Crippen LogP contribution in [-0.2, 0) is 4.79 Å². The Morgan fingerprint density at radius 1 is 1.55 bits per heavy atom. The second-order valence-electron chi connectivity index (χ2n) is 5.13. The van der Waals surface area contributed by atoms with Gasteiger partial charge in [-0.15, -0.1) is 0 Å². The first-order chi connectivity index (χ1) is 9.58. The first kappa shape index (κ1) is 14.6. The smallest absolute Gasteiger partial charge is 0.303 e. The Morgan fingerprint density at radius 3 is 3.05 bits per heavy atom. The molecule has 2 rings (SSSR count). The predicted octanol–water partition coefficient (Wildman–Crippen LogP) is 1.87. The number of rotatable bonds is 5. The fourth-order valence-corrected chi connectivity index (χ4v) is 2.55. The zero-order valence-electron chi connectivity index (χ0n) is 12.0. The maximum absolute atomic E-state index is 10.8. The lowest BCUT2D eigenvalue weighted by Crippen LogP contribution is -2.37.